The van der Waals surface area contributed by atoms with Gasteiger partial charge in [0.05, 0.1) is 0 Å². The second-order valence-corrected chi connectivity index (χ2v) is 5.76. The molecule has 0 spiro atoms. The van der Waals surface area contributed by atoms with E-state index in [1.54, 1.807) is 0 Å². The Bertz CT molecular complexity index is 491. The SMILES string of the molecule is CCCCc1ccc(CCCc2ccc(C)cc2)cc1. The fourth-order valence-electron chi connectivity index (χ4n) is 2.50. The second kappa shape index (κ2) is 7.89. The van der Waals surface area contributed by atoms with Gasteiger partial charge in [0.25, 0.3) is 0 Å². The number of hydrogen-bond acceptors (Lipinski definition) is 0. The van der Waals surface area contributed by atoms with Gasteiger partial charge in [0, 0.05) is 0 Å². The number of unbranched alkanes of at least 4 members (excludes halogenated alkanes) is 1. The lowest BCUT2D eigenvalue weighted by Gasteiger charge is -2.05. The predicted octanol–water partition coefficient (Wildman–Crippen LogP) is 5.51. The maximum Gasteiger partial charge on any atom is -0.0276 e. The highest BCUT2D eigenvalue weighted by Crippen LogP contribution is 2.12. The van der Waals surface area contributed by atoms with Gasteiger partial charge >= 0.3 is 0 Å². The fourth-order valence-corrected chi connectivity index (χ4v) is 2.50. The molecule has 2 rings (SSSR count). The molecule has 0 fully saturated rings. The summed E-state index contributed by atoms with van der Waals surface area (Å²) in [6.07, 6.45) is 7.39. The lowest BCUT2D eigenvalue weighted by Crippen LogP contribution is -1.91. The first-order valence-electron chi connectivity index (χ1n) is 7.91. The molecule has 0 heterocycles. The van der Waals surface area contributed by atoms with E-state index in [9.17, 15) is 0 Å². The highest BCUT2D eigenvalue weighted by atomic mass is 14.0. The Morgan fingerprint density at radius 3 is 1.45 bits per heavy atom. The summed E-state index contributed by atoms with van der Waals surface area (Å²) in [6, 6.07) is 18.1. The van der Waals surface area contributed by atoms with Crippen LogP contribution in [0, 0.1) is 6.92 Å². The number of benzene rings is 2. The molecule has 0 aliphatic carbocycles. The van der Waals surface area contributed by atoms with Crippen molar-refractivity contribution in [3.63, 3.8) is 0 Å². The molecule has 0 saturated carbocycles. The highest BCUT2D eigenvalue weighted by molar-refractivity contribution is 5.24. The van der Waals surface area contributed by atoms with Crippen LogP contribution in [-0.2, 0) is 19.3 Å². The van der Waals surface area contributed by atoms with Crippen LogP contribution in [0.25, 0.3) is 0 Å². The van der Waals surface area contributed by atoms with E-state index in [0.29, 0.717) is 0 Å². The summed E-state index contributed by atoms with van der Waals surface area (Å²) < 4.78 is 0. The van der Waals surface area contributed by atoms with Gasteiger partial charge in [0.1, 0.15) is 0 Å². The molecular weight excluding hydrogens is 240 g/mol. The summed E-state index contributed by atoms with van der Waals surface area (Å²) in [6.45, 7) is 4.39. The van der Waals surface area contributed by atoms with Crippen molar-refractivity contribution in [3.05, 3.63) is 70.8 Å². The predicted molar refractivity (Wildman–Crippen MR) is 88.3 cm³/mol. The van der Waals surface area contributed by atoms with E-state index >= 15 is 0 Å². The Morgan fingerprint density at radius 1 is 0.600 bits per heavy atom. The molecular formula is C20H26. The molecule has 0 aromatic heterocycles. The van der Waals surface area contributed by atoms with Gasteiger partial charge in [0.15, 0.2) is 0 Å². The van der Waals surface area contributed by atoms with Gasteiger partial charge in [-0.1, -0.05) is 67.4 Å². The minimum absolute atomic E-state index is 1.18. The van der Waals surface area contributed by atoms with E-state index in [1.807, 2.05) is 0 Å². The lowest BCUT2D eigenvalue weighted by atomic mass is 10.0. The van der Waals surface area contributed by atoms with Crippen molar-refractivity contribution in [2.75, 3.05) is 0 Å². The van der Waals surface area contributed by atoms with Crippen LogP contribution in [-0.4, -0.2) is 0 Å². The molecule has 2 aromatic rings. The Labute approximate surface area is 123 Å². The first kappa shape index (κ1) is 14.8. The third kappa shape index (κ3) is 4.85. The molecule has 106 valence electrons. The summed E-state index contributed by atoms with van der Waals surface area (Å²) >= 11 is 0. The molecule has 0 bridgehead atoms. The van der Waals surface area contributed by atoms with Crippen LogP contribution in [0.3, 0.4) is 0 Å². The molecule has 2 aromatic carbocycles. The summed E-state index contributed by atoms with van der Waals surface area (Å²) in [5.41, 5.74) is 5.75. The number of aryl methyl sites for hydroxylation is 4. The number of rotatable bonds is 7. The van der Waals surface area contributed by atoms with Crippen LogP contribution in [0.1, 0.15) is 48.4 Å². The highest BCUT2D eigenvalue weighted by Gasteiger charge is 1.97. The van der Waals surface area contributed by atoms with Gasteiger partial charge in [0.2, 0.25) is 0 Å². The maximum absolute atomic E-state index is 2.31. The van der Waals surface area contributed by atoms with E-state index in [0.717, 1.165) is 0 Å². The zero-order valence-corrected chi connectivity index (χ0v) is 12.9. The first-order chi connectivity index (χ1) is 9.78. The zero-order chi connectivity index (χ0) is 14.2. The van der Waals surface area contributed by atoms with Gasteiger partial charge in [-0.3, -0.25) is 0 Å². The average molecular weight is 266 g/mol. The number of hydrogen-bond donors (Lipinski definition) is 0. The second-order valence-electron chi connectivity index (χ2n) is 5.76. The quantitative estimate of drug-likeness (QED) is 0.619. The molecule has 0 heteroatoms. The largest absolute Gasteiger partial charge is 0.0654 e. The molecule has 20 heavy (non-hydrogen) atoms. The first-order valence-corrected chi connectivity index (χ1v) is 7.91. The molecule has 0 atom stereocenters. The Hall–Kier alpha value is -1.56. The lowest BCUT2D eigenvalue weighted by molar-refractivity contribution is 0.792. The van der Waals surface area contributed by atoms with Gasteiger partial charge in [-0.25, -0.2) is 0 Å². The van der Waals surface area contributed by atoms with Gasteiger partial charge < -0.3 is 0 Å². The molecule has 0 aliphatic rings. The smallest absolute Gasteiger partial charge is 0.0276 e. The van der Waals surface area contributed by atoms with Crippen molar-refractivity contribution in [1.82, 2.24) is 0 Å². The third-order valence-corrected chi connectivity index (χ3v) is 3.89. The van der Waals surface area contributed by atoms with Crippen molar-refractivity contribution < 1.29 is 0 Å². The van der Waals surface area contributed by atoms with E-state index in [4.69, 9.17) is 0 Å². The zero-order valence-electron chi connectivity index (χ0n) is 12.9. The van der Waals surface area contributed by atoms with Crippen molar-refractivity contribution in [2.24, 2.45) is 0 Å². The van der Waals surface area contributed by atoms with E-state index in [2.05, 4.69) is 62.4 Å². The normalized spacial score (nSPS) is 10.7. The summed E-state index contributed by atoms with van der Waals surface area (Å²) in [4.78, 5) is 0. The molecule has 0 saturated heterocycles. The summed E-state index contributed by atoms with van der Waals surface area (Å²) in [7, 11) is 0. The third-order valence-electron chi connectivity index (χ3n) is 3.89. The van der Waals surface area contributed by atoms with E-state index in [1.165, 1.54) is 60.8 Å². The Kier molecular flexibility index (Phi) is 5.86. The van der Waals surface area contributed by atoms with Crippen LogP contribution >= 0.6 is 0 Å². The van der Waals surface area contributed by atoms with E-state index in [-0.39, 0.29) is 0 Å². The fraction of sp³-hybridized carbons (Fsp3) is 0.400. The molecule has 0 radical (unpaired) electrons. The monoisotopic (exact) mass is 266 g/mol. The van der Waals surface area contributed by atoms with E-state index < -0.39 is 0 Å². The average Bonchev–Trinajstić information content (AvgIpc) is 2.48. The standard InChI is InChI=1S/C20H26/c1-3-4-6-18-13-15-20(16-14-18)8-5-7-19-11-9-17(2)10-12-19/h9-16H,3-8H2,1-2H3. The maximum atomic E-state index is 2.31. The van der Waals surface area contributed by atoms with Crippen LogP contribution < -0.4 is 0 Å². The van der Waals surface area contributed by atoms with Gasteiger partial charge in [-0.05, 0) is 55.7 Å². The molecule has 0 aliphatic heterocycles. The molecule has 0 amide bonds. The Morgan fingerprint density at radius 2 is 1.00 bits per heavy atom. The minimum atomic E-state index is 1.18. The van der Waals surface area contributed by atoms with Gasteiger partial charge in [-0.15, -0.1) is 0 Å². The van der Waals surface area contributed by atoms with Crippen molar-refractivity contribution in [2.45, 2.75) is 52.4 Å². The molecule has 0 nitrogen and oxygen atoms in total. The van der Waals surface area contributed by atoms with Crippen LogP contribution in [0.15, 0.2) is 48.5 Å². The van der Waals surface area contributed by atoms with Crippen molar-refractivity contribution in [3.8, 4) is 0 Å². The summed E-state index contributed by atoms with van der Waals surface area (Å²) in [5.74, 6) is 0. The van der Waals surface area contributed by atoms with Crippen LogP contribution in [0.2, 0.25) is 0 Å². The minimum Gasteiger partial charge on any atom is -0.0654 e. The van der Waals surface area contributed by atoms with Crippen molar-refractivity contribution >= 4 is 0 Å². The summed E-state index contributed by atoms with van der Waals surface area (Å²) in [5, 5.41) is 0. The van der Waals surface area contributed by atoms with Crippen LogP contribution in [0.5, 0.6) is 0 Å². The molecule has 0 N–H and O–H groups in total. The molecule has 0 unspecified atom stereocenters. The topological polar surface area (TPSA) is 0 Å². The Balaban J connectivity index is 1.77. The van der Waals surface area contributed by atoms with Crippen molar-refractivity contribution in [1.29, 1.82) is 0 Å². The van der Waals surface area contributed by atoms with Gasteiger partial charge in [-0.2, -0.15) is 0 Å². The van der Waals surface area contributed by atoms with Crippen LogP contribution in [0.4, 0.5) is 0 Å².